The van der Waals surface area contributed by atoms with Gasteiger partial charge in [0.2, 0.25) is 5.95 Å². The Bertz CT molecular complexity index is 865. The minimum Gasteiger partial charge on any atom is -0.338 e. The summed E-state index contributed by atoms with van der Waals surface area (Å²) in [6.45, 7) is 2.23. The minimum atomic E-state index is -0.774. The van der Waals surface area contributed by atoms with Gasteiger partial charge in [-0.1, -0.05) is 0 Å². The van der Waals surface area contributed by atoms with Crippen LogP contribution in [0.1, 0.15) is 24.2 Å². The van der Waals surface area contributed by atoms with Gasteiger partial charge in [-0.2, -0.15) is 5.26 Å². The highest BCUT2D eigenvalue weighted by molar-refractivity contribution is 6.17. The van der Waals surface area contributed by atoms with Crippen molar-refractivity contribution in [2.75, 3.05) is 11.9 Å². The number of aromatic nitrogens is 2. The second-order valence-electron chi connectivity index (χ2n) is 4.70. The molecule has 0 radical (unpaired) electrons. The molecule has 0 fully saturated rings. The Morgan fingerprint density at radius 3 is 2.87 bits per heavy atom. The largest absolute Gasteiger partial charge is 0.338 e. The van der Waals surface area contributed by atoms with E-state index >= 15 is 0 Å². The molecule has 0 saturated carbocycles. The van der Waals surface area contributed by atoms with Crippen molar-refractivity contribution in [1.82, 2.24) is 15.3 Å². The second-order valence-corrected chi connectivity index (χ2v) is 4.70. The van der Waals surface area contributed by atoms with Gasteiger partial charge < -0.3 is 10.3 Å². The Balaban J connectivity index is 2.11. The van der Waals surface area contributed by atoms with E-state index in [0.717, 1.165) is 0 Å². The maximum Gasteiger partial charge on any atom is 0.321 e. The Labute approximate surface area is 130 Å². The van der Waals surface area contributed by atoms with Gasteiger partial charge >= 0.3 is 6.03 Å². The predicted molar refractivity (Wildman–Crippen MR) is 83.2 cm³/mol. The van der Waals surface area contributed by atoms with Crippen LogP contribution >= 0.6 is 0 Å². The predicted octanol–water partition coefficient (Wildman–Crippen LogP) is 1.87. The molecule has 2 heterocycles. The van der Waals surface area contributed by atoms with E-state index in [4.69, 9.17) is 5.26 Å². The highest BCUT2D eigenvalue weighted by Gasteiger charge is 2.24. The van der Waals surface area contributed by atoms with E-state index in [-0.39, 0.29) is 17.1 Å². The number of nitrogens with zero attached hydrogens (tertiary/aromatic N) is 4. The van der Waals surface area contributed by atoms with Crippen molar-refractivity contribution in [2.24, 2.45) is 9.98 Å². The average Bonchev–Trinajstić information content (AvgIpc) is 3.16. The van der Waals surface area contributed by atoms with Crippen LogP contribution in [-0.2, 0) is 0 Å². The van der Waals surface area contributed by atoms with Crippen molar-refractivity contribution in [1.29, 1.82) is 5.26 Å². The first kappa shape index (κ1) is 14.6. The number of nitrogens with one attached hydrogen (secondary N) is 3. The molecule has 1 aromatic heterocycles. The van der Waals surface area contributed by atoms with Gasteiger partial charge in [0.15, 0.2) is 6.17 Å². The quantitative estimate of drug-likeness (QED) is 0.802. The number of imidazole rings is 1. The summed E-state index contributed by atoms with van der Waals surface area (Å²) in [6, 6.07) is 2.67. The number of rotatable bonds is 3. The smallest absolute Gasteiger partial charge is 0.321 e. The van der Waals surface area contributed by atoms with Crippen LogP contribution in [0.4, 0.5) is 15.1 Å². The van der Waals surface area contributed by atoms with Gasteiger partial charge in [-0.3, -0.25) is 15.3 Å². The van der Waals surface area contributed by atoms with E-state index in [1.54, 1.807) is 13.0 Å². The zero-order valence-corrected chi connectivity index (χ0v) is 12.1. The molecule has 9 heteroatoms. The van der Waals surface area contributed by atoms with Crippen molar-refractivity contribution < 1.29 is 9.18 Å². The number of aromatic amines is 1. The second kappa shape index (κ2) is 5.84. The molecule has 3 rings (SSSR count). The summed E-state index contributed by atoms with van der Waals surface area (Å²) in [4.78, 5) is 26.7. The fourth-order valence-corrected chi connectivity index (χ4v) is 2.27. The molecule has 3 N–H and O–H groups in total. The first-order valence-electron chi connectivity index (χ1n) is 6.86. The van der Waals surface area contributed by atoms with Gasteiger partial charge in [0, 0.05) is 19.0 Å². The molecule has 0 aliphatic carbocycles. The van der Waals surface area contributed by atoms with Crippen LogP contribution in [0, 0.1) is 17.1 Å². The number of anilines is 1. The molecule has 0 bridgehead atoms. The normalized spacial score (nSPS) is 13.4. The third kappa shape index (κ3) is 2.62. The Morgan fingerprint density at radius 2 is 2.22 bits per heavy atom. The van der Waals surface area contributed by atoms with Crippen molar-refractivity contribution in [3.63, 3.8) is 0 Å². The van der Waals surface area contributed by atoms with Crippen LogP contribution in [0.3, 0.4) is 0 Å². The Hall–Kier alpha value is -3.28. The summed E-state index contributed by atoms with van der Waals surface area (Å²) in [5, 5.41) is 14.1. The molecular weight excluding hydrogens is 301 g/mol. The Kier molecular flexibility index (Phi) is 3.72. The molecule has 0 spiro atoms. The molecule has 2 aromatic rings. The number of carbonyl (C=O) groups excluding carboxylic acids is 1. The van der Waals surface area contributed by atoms with Crippen LogP contribution in [0.25, 0.3) is 11.0 Å². The fraction of sp³-hybridized carbons (Fsp3) is 0.214. The first-order valence-corrected chi connectivity index (χ1v) is 6.86. The van der Waals surface area contributed by atoms with Gasteiger partial charge in [-0.25, -0.2) is 14.2 Å². The van der Waals surface area contributed by atoms with Crippen LogP contribution in [0.15, 0.2) is 16.1 Å². The number of carbonyl (C=O) groups is 1. The summed E-state index contributed by atoms with van der Waals surface area (Å²) in [7, 11) is 0. The van der Waals surface area contributed by atoms with Crippen molar-refractivity contribution in [2.45, 2.75) is 13.1 Å². The number of halogens is 1. The molecule has 0 unspecified atom stereocenters. The number of hydrogen-bond acceptors (Lipinski definition) is 5. The number of aliphatic imine (C=N–C) groups is 2. The van der Waals surface area contributed by atoms with E-state index in [1.165, 1.54) is 18.5 Å². The van der Waals surface area contributed by atoms with Crippen LogP contribution in [0.5, 0.6) is 0 Å². The number of fused-ring (bicyclic) bond motifs is 1. The maximum absolute atomic E-state index is 14.5. The number of urea groups is 1. The van der Waals surface area contributed by atoms with Gasteiger partial charge in [0.1, 0.15) is 11.9 Å². The molecule has 0 atom stereocenters. The molecular formula is C14H12FN7O. The van der Waals surface area contributed by atoms with E-state index in [2.05, 4.69) is 30.6 Å². The first-order chi connectivity index (χ1) is 11.1. The number of nitriles is 1. The number of amides is 2. The SMILES string of the molecule is CCNC(=O)Nc1nc2cc(C#N)c(F)c(C3N=CC=N3)c2[nH]1. The minimum absolute atomic E-state index is 0.125. The van der Waals surface area contributed by atoms with Crippen molar-refractivity contribution in [3.8, 4) is 6.07 Å². The lowest BCUT2D eigenvalue weighted by atomic mass is 10.1. The lowest BCUT2D eigenvalue weighted by Gasteiger charge is -2.08. The van der Waals surface area contributed by atoms with Gasteiger partial charge in [-0.15, -0.1) is 0 Å². The number of hydrogen-bond donors (Lipinski definition) is 3. The summed E-state index contributed by atoms with van der Waals surface area (Å²) in [5.74, 6) is -0.554. The molecule has 0 saturated heterocycles. The van der Waals surface area contributed by atoms with E-state index < -0.39 is 18.0 Å². The third-order valence-electron chi connectivity index (χ3n) is 3.22. The molecule has 23 heavy (non-hydrogen) atoms. The highest BCUT2D eigenvalue weighted by Crippen LogP contribution is 2.32. The van der Waals surface area contributed by atoms with Gasteiger partial charge in [0.25, 0.3) is 0 Å². The van der Waals surface area contributed by atoms with Gasteiger partial charge in [-0.05, 0) is 13.0 Å². The topological polar surface area (TPSA) is 118 Å². The lowest BCUT2D eigenvalue weighted by Crippen LogP contribution is -2.28. The Morgan fingerprint density at radius 1 is 1.48 bits per heavy atom. The van der Waals surface area contributed by atoms with Crippen LogP contribution in [-0.4, -0.2) is 35.0 Å². The molecule has 1 aliphatic heterocycles. The fourth-order valence-electron chi connectivity index (χ4n) is 2.27. The monoisotopic (exact) mass is 313 g/mol. The van der Waals surface area contributed by atoms with Gasteiger partial charge in [0.05, 0.1) is 22.2 Å². The molecule has 116 valence electrons. The molecule has 1 aromatic carbocycles. The number of H-pyrrole nitrogens is 1. The molecule has 1 aliphatic rings. The standard InChI is InChI=1S/C14H12FN7O/c1-2-17-14(23)22-13-20-8-5-7(6-16)10(15)9(11(8)21-13)12-18-3-4-19-12/h3-5,12H,2H2,1H3,(H3,17,20,21,22,23). The lowest BCUT2D eigenvalue weighted by molar-refractivity contribution is 0.252. The zero-order valence-electron chi connectivity index (χ0n) is 12.1. The van der Waals surface area contributed by atoms with Crippen molar-refractivity contribution in [3.05, 3.63) is 23.0 Å². The van der Waals surface area contributed by atoms with Crippen molar-refractivity contribution >= 4 is 35.4 Å². The van der Waals surface area contributed by atoms with E-state index in [1.807, 2.05) is 0 Å². The molecule has 8 nitrogen and oxygen atoms in total. The summed E-state index contributed by atoms with van der Waals surface area (Å²) in [6.07, 6.45) is 2.14. The van der Waals surface area contributed by atoms with Crippen LogP contribution < -0.4 is 10.6 Å². The summed E-state index contributed by atoms with van der Waals surface area (Å²) < 4.78 is 14.5. The summed E-state index contributed by atoms with van der Waals surface area (Å²) in [5.41, 5.74) is 0.665. The van der Waals surface area contributed by atoms with E-state index in [9.17, 15) is 9.18 Å². The molecule has 2 amide bonds. The van der Waals surface area contributed by atoms with Crippen LogP contribution in [0.2, 0.25) is 0 Å². The third-order valence-corrected chi connectivity index (χ3v) is 3.22. The van der Waals surface area contributed by atoms with E-state index in [0.29, 0.717) is 17.6 Å². The average molecular weight is 313 g/mol. The number of benzene rings is 1. The highest BCUT2D eigenvalue weighted by atomic mass is 19.1. The summed E-state index contributed by atoms with van der Waals surface area (Å²) >= 11 is 0. The zero-order chi connectivity index (χ0) is 16.4. The maximum atomic E-state index is 14.5.